The zero-order valence-electron chi connectivity index (χ0n) is 17.5. The topological polar surface area (TPSA) is 125 Å². The summed E-state index contributed by atoms with van der Waals surface area (Å²) in [6, 6.07) is 10.7. The molecule has 2 heterocycles. The Morgan fingerprint density at radius 3 is 2.26 bits per heavy atom. The summed E-state index contributed by atoms with van der Waals surface area (Å²) < 4.78 is 46.4. The van der Waals surface area contributed by atoms with Gasteiger partial charge in [-0.2, -0.15) is 0 Å². The number of rotatable bonds is 4. The molecule has 0 bridgehead atoms. The van der Waals surface area contributed by atoms with Crippen molar-refractivity contribution in [2.45, 2.75) is 24.5 Å². The first-order valence-corrected chi connectivity index (χ1v) is 9.82. The van der Waals surface area contributed by atoms with Gasteiger partial charge in [-0.15, -0.1) is 13.2 Å². The molecule has 1 unspecified atom stereocenters. The monoisotopic (exact) mass is 475 g/mol. The number of ether oxygens (including phenoxy) is 2. The van der Waals surface area contributed by atoms with Gasteiger partial charge in [0.05, 0.1) is 12.1 Å². The maximum Gasteiger partial charge on any atom is 0.573 e. The van der Waals surface area contributed by atoms with Gasteiger partial charge in [0.1, 0.15) is 17.3 Å². The lowest BCUT2D eigenvalue weighted by Gasteiger charge is -2.41. The van der Waals surface area contributed by atoms with Gasteiger partial charge in [0, 0.05) is 12.4 Å². The highest BCUT2D eigenvalue weighted by Gasteiger charge is 2.56. The number of nitrogens with zero attached hydrogens (tertiary/aromatic N) is 3. The molecule has 2 aromatic carbocycles. The largest absolute Gasteiger partial charge is 0.573 e. The van der Waals surface area contributed by atoms with Crippen LogP contribution in [0.4, 0.5) is 13.2 Å². The molecule has 4 rings (SSSR count). The molecule has 3 N–H and O–H groups in total. The van der Waals surface area contributed by atoms with Crippen molar-refractivity contribution < 1.29 is 42.8 Å². The third kappa shape index (κ3) is 4.53. The number of aliphatic hydroxyl groups is 3. The van der Waals surface area contributed by atoms with Gasteiger partial charge < -0.3 is 24.8 Å². The highest BCUT2D eigenvalue weighted by molar-refractivity contribution is 6.15. The predicted octanol–water partition coefficient (Wildman–Crippen LogP) is 0.995. The van der Waals surface area contributed by atoms with Crippen LogP contribution >= 0.6 is 0 Å². The zero-order chi connectivity index (χ0) is 24.7. The van der Waals surface area contributed by atoms with E-state index < -0.39 is 36.2 Å². The van der Waals surface area contributed by atoms with Crippen molar-refractivity contribution >= 4 is 13.8 Å². The summed E-state index contributed by atoms with van der Waals surface area (Å²) in [5.74, 6) is -4.57. The minimum atomic E-state index is -4.83. The van der Waals surface area contributed by atoms with Crippen molar-refractivity contribution in [2.75, 3.05) is 0 Å². The number of hydrogen-bond donors (Lipinski definition) is 3. The third-order valence-electron chi connectivity index (χ3n) is 5.10. The average Bonchev–Trinajstić information content (AvgIpc) is 2.81. The van der Waals surface area contributed by atoms with E-state index in [1.165, 1.54) is 48.8 Å². The van der Waals surface area contributed by atoms with Crippen molar-refractivity contribution in [2.24, 2.45) is 0 Å². The van der Waals surface area contributed by atoms with E-state index in [2.05, 4.69) is 14.7 Å². The average molecular weight is 475 g/mol. The number of benzene rings is 2. The van der Waals surface area contributed by atoms with E-state index >= 15 is 0 Å². The van der Waals surface area contributed by atoms with E-state index in [4.69, 9.17) is 4.74 Å². The Morgan fingerprint density at radius 1 is 1.03 bits per heavy atom. The Bertz CT molecular complexity index is 1210. The van der Waals surface area contributed by atoms with E-state index in [0.717, 1.165) is 20.0 Å². The smallest absolute Gasteiger partial charge is 0.463 e. The summed E-state index contributed by atoms with van der Waals surface area (Å²) in [5, 5.41) is 32.0. The Balaban J connectivity index is 1.73. The SMILES string of the molecule is BC1(O)Oc2ccc(-c3ccc(OC(F)(F)F)cc3)cc2C(=O)N(Cc2ncccn2)C1(O)O. The van der Waals surface area contributed by atoms with Crippen LogP contribution in [0, 0.1) is 0 Å². The molecule has 0 fully saturated rings. The van der Waals surface area contributed by atoms with Crippen molar-refractivity contribution in [3.05, 3.63) is 72.3 Å². The van der Waals surface area contributed by atoms with Crippen LogP contribution in [0.5, 0.6) is 11.5 Å². The number of carbonyl (C=O) groups is 1. The molecule has 0 radical (unpaired) electrons. The summed E-state index contributed by atoms with van der Waals surface area (Å²) in [4.78, 5) is 21.8. The Hall–Kier alpha value is -3.68. The number of carbonyl (C=O) groups excluding carboxylic acids is 1. The van der Waals surface area contributed by atoms with Crippen LogP contribution in [-0.2, 0) is 6.54 Å². The van der Waals surface area contributed by atoms with Crippen LogP contribution in [0.25, 0.3) is 11.1 Å². The van der Waals surface area contributed by atoms with E-state index in [9.17, 15) is 33.3 Å². The molecule has 0 aliphatic carbocycles. The van der Waals surface area contributed by atoms with Gasteiger partial charge in [-0.1, -0.05) is 18.2 Å². The minimum Gasteiger partial charge on any atom is -0.463 e. The Morgan fingerprint density at radius 2 is 1.65 bits per heavy atom. The van der Waals surface area contributed by atoms with Gasteiger partial charge in [-0.05, 0) is 41.5 Å². The Kier molecular flexibility index (Phi) is 5.71. The minimum absolute atomic E-state index is 0.0685. The van der Waals surface area contributed by atoms with Crippen LogP contribution < -0.4 is 9.47 Å². The summed E-state index contributed by atoms with van der Waals surface area (Å²) >= 11 is 0. The van der Waals surface area contributed by atoms with Gasteiger partial charge in [0.25, 0.3) is 5.91 Å². The van der Waals surface area contributed by atoms with E-state index in [1.807, 2.05) is 0 Å². The van der Waals surface area contributed by atoms with Gasteiger partial charge in [0.2, 0.25) is 13.5 Å². The molecule has 1 atom stereocenters. The summed E-state index contributed by atoms with van der Waals surface area (Å²) in [6.07, 6.45) is -2.04. The first-order chi connectivity index (χ1) is 15.9. The predicted molar refractivity (Wildman–Crippen MR) is 112 cm³/mol. The second-order valence-corrected chi connectivity index (χ2v) is 7.56. The molecule has 13 heteroatoms. The van der Waals surface area contributed by atoms with Crippen LogP contribution in [0.1, 0.15) is 16.2 Å². The molecule has 1 aliphatic heterocycles. The lowest BCUT2D eigenvalue weighted by atomic mass is 9.89. The number of aromatic nitrogens is 2. The normalized spacial score (nSPS) is 19.7. The lowest BCUT2D eigenvalue weighted by molar-refractivity contribution is -0.357. The van der Waals surface area contributed by atoms with E-state index in [1.54, 1.807) is 0 Å². The maximum atomic E-state index is 13.4. The summed E-state index contributed by atoms with van der Waals surface area (Å²) in [7, 11) is 0.974. The zero-order valence-corrected chi connectivity index (χ0v) is 17.5. The van der Waals surface area contributed by atoms with Gasteiger partial charge in [0.15, 0.2) is 0 Å². The first-order valence-electron chi connectivity index (χ1n) is 9.82. The maximum absolute atomic E-state index is 13.4. The third-order valence-corrected chi connectivity index (χ3v) is 5.10. The van der Waals surface area contributed by atoms with Gasteiger partial charge in [-0.3, -0.25) is 9.69 Å². The molecule has 0 saturated heterocycles. The van der Waals surface area contributed by atoms with Crippen LogP contribution in [0.3, 0.4) is 0 Å². The number of alkyl halides is 3. The highest BCUT2D eigenvalue weighted by Crippen LogP contribution is 2.37. The molecule has 1 aromatic heterocycles. The number of amides is 1. The fraction of sp³-hybridized carbons (Fsp3) is 0.190. The number of fused-ring (bicyclic) bond motifs is 1. The standard InChI is InChI=1S/C21H17BF3N3O6/c22-19(30)20(31,32)28(11-17-26-8-1-9-27-17)18(29)15-10-13(4-7-16(15)34-19)12-2-5-14(6-3-12)33-21(23,24)25/h1-10,30-32H,11,22H2. The number of hydrogen-bond acceptors (Lipinski definition) is 8. The summed E-state index contributed by atoms with van der Waals surface area (Å²) in [5.41, 5.74) is -1.92. The fourth-order valence-electron chi connectivity index (χ4n) is 3.37. The molecular formula is C21H17BF3N3O6. The quantitative estimate of drug-likeness (QED) is 0.377. The molecule has 3 aromatic rings. The molecule has 0 spiro atoms. The van der Waals surface area contributed by atoms with Crippen LogP contribution in [0.15, 0.2) is 60.9 Å². The molecule has 176 valence electrons. The van der Waals surface area contributed by atoms with Gasteiger partial charge in [-0.25, -0.2) is 9.97 Å². The molecule has 0 saturated carbocycles. The van der Waals surface area contributed by atoms with Crippen LogP contribution in [0.2, 0.25) is 0 Å². The second-order valence-electron chi connectivity index (χ2n) is 7.56. The molecule has 1 amide bonds. The molecule has 1 aliphatic rings. The summed E-state index contributed by atoms with van der Waals surface area (Å²) in [6.45, 7) is -0.473. The van der Waals surface area contributed by atoms with Gasteiger partial charge >= 0.3 is 12.3 Å². The number of halogens is 3. The molecular weight excluding hydrogens is 458 g/mol. The molecule has 9 nitrogen and oxygen atoms in total. The van der Waals surface area contributed by atoms with Crippen LogP contribution in [-0.4, -0.2) is 61.9 Å². The van der Waals surface area contributed by atoms with Crippen molar-refractivity contribution in [3.63, 3.8) is 0 Å². The second kappa shape index (κ2) is 8.27. The van der Waals surface area contributed by atoms with Crippen molar-refractivity contribution in [1.29, 1.82) is 0 Å². The highest BCUT2D eigenvalue weighted by atomic mass is 19.4. The lowest BCUT2D eigenvalue weighted by Crippen LogP contribution is -2.67. The molecule has 34 heavy (non-hydrogen) atoms. The van der Waals surface area contributed by atoms with Crippen molar-refractivity contribution in [1.82, 2.24) is 14.9 Å². The van der Waals surface area contributed by atoms with E-state index in [0.29, 0.717) is 16.0 Å². The fourth-order valence-corrected chi connectivity index (χ4v) is 3.37. The first kappa shape index (κ1) is 23.5. The Labute approximate surface area is 191 Å². The van der Waals surface area contributed by atoms with Crippen molar-refractivity contribution in [3.8, 4) is 22.6 Å². The van der Waals surface area contributed by atoms with E-state index in [-0.39, 0.29) is 17.1 Å².